The van der Waals surface area contributed by atoms with Crippen LogP contribution in [0.1, 0.15) is 19.3 Å². The average Bonchev–Trinajstić information content (AvgIpc) is 2.86. The van der Waals surface area contributed by atoms with Crippen molar-refractivity contribution < 1.29 is 5.11 Å². The summed E-state index contributed by atoms with van der Waals surface area (Å²) in [5, 5.41) is 10.1. The molecule has 2 fully saturated rings. The summed E-state index contributed by atoms with van der Waals surface area (Å²) in [7, 11) is 0. The van der Waals surface area contributed by atoms with Gasteiger partial charge in [0.1, 0.15) is 0 Å². The van der Waals surface area contributed by atoms with Crippen molar-refractivity contribution in [3.05, 3.63) is 17.5 Å². The Balaban J connectivity index is 1.87. The second-order valence-corrected chi connectivity index (χ2v) is 5.52. The maximum absolute atomic E-state index is 9.67. The van der Waals surface area contributed by atoms with E-state index >= 15 is 0 Å². The second-order valence-electron chi connectivity index (χ2n) is 5.16. The molecule has 1 aliphatic carbocycles. The first-order chi connectivity index (χ1) is 8.25. The SMILES string of the molecule is OC[C@@]12CCC[C@@H]1CN(c1nccnc1Cl)C2. The molecule has 1 aromatic rings. The van der Waals surface area contributed by atoms with Crippen LogP contribution in [-0.4, -0.2) is 34.8 Å². The summed E-state index contributed by atoms with van der Waals surface area (Å²) in [6, 6.07) is 0. The third-order valence-corrected chi connectivity index (χ3v) is 4.56. The zero-order chi connectivity index (χ0) is 11.9. The standard InChI is InChI=1S/C12H16ClN3O/c13-10-11(15-5-4-14-10)16-6-9-2-1-3-12(9,7-16)8-17/h4-5,9,17H,1-3,6-8H2/t9-,12+/m1/s1. The van der Waals surface area contributed by atoms with E-state index in [4.69, 9.17) is 11.6 Å². The zero-order valence-corrected chi connectivity index (χ0v) is 10.4. The molecule has 0 bridgehead atoms. The van der Waals surface area contributed by atoms with Gasteiger partial charge in [0.25, 0.3) is 0 Å². The first-order valence-corrected chi connectivity index (χ1v) is 6.45. The normalized spacial score (nSPS) is 31.9. The molecule has 2 aliphatic rings. The van der Waals surface area contributed by atoms with Crippen molar-refractivity contribution in [1.29, 1.82) is 0 Å². The highest BCUT2D eigenvalue weighted by Crippen LogP contribution is 2.49. The number of halogens is 1. The predicted molar refractivity (Wildman–Crippen MR) is 66.1 cm³/mol. The number of aromatic nitrogens is 2. The van der Waals surface area contributed by atoms with Gasteiger partial charge in [-0.15, -0.1) is 0 Å². The summed E-state index contributed by atoms with van der Waals surface area (Å²) in [5.74, 6) is 1.34. The molecule has 1 saturated carbocycles. The van der Waals surface area contributed by atoms with Crippen molar-refractivity contribution in [2.24, 2.45) is 11.3 Å². The van der Waals surface area contributed by atoms with Gasteiger partial charge in [-0.05, 0) is 18.8 Å². The van der Waals surface area contributed by atoms with Crippen molar-refractivity contribution in [1.82, 2.24) is 9.97 Å². The highest BCUT2D eigenvalue weighted by molar-refractivity contribution is 6.31. The molecule has 0 radical (unpaired) electrons. The summed E-state index contributed by atoms with van der Waals surface area (Å²) in [5.41, 5.74) is 0.0703. The number of aliphatic hydroxyl groups is 1. The number of aliphatic hydroxyl groups excluding tert-OH is 1. The lowest BCUT2D eigenvalue weighted by atomic mass is 9.82. The topological polar surface area (TPSA) is 49.2 Å². The Morgan fingerprint density at radius 3 is 3.00 bits per heavy atom. The largest absolute Gasteiger partial charge is 0.396 e. The molecule has 2 heterocycles. The van der Waals surface area contributed by atoms with E-state index < -0.39 is 0 Å². The molecule has 0 amide bonds. The van der Waals surface area contributed by atoms with Crippen LogP contribution in [0.3, 0.4) is 0 Å². The van der Waals surface area contributed by atoms with E-state index in [1.807, 2.05) is 0 Å². The summed E-state index contributed by atoms with van der Waals surface area (Å²) < 4.78 is 0. The lowest BCUT2D eigenvalue weighted by Crippen LogP contribution is -2.31. The number of rotatable bonds is 2. The highest BCUT2D eigenvalue weighted by Gasteiger charge is 2.49. The van der Waals surface area contributed by atoms with Crippen molar-refractivity contribution in [3.8, 4) is 0 Å². The molecule has 92 valence electrons. The minimum Gasteiger partial charge on any atom is -0.396 e. The van der Waals surface area contributed by atoms with Gasteiger partial charge in [-0.3, -0.25) is 0 Å². The Labute approximate surface area is 106 Å². The van der Waals surface area contributed by atoms with Gasteiger partial charge >= 0.3 is 0 Å². The Kier molecular flexibility index (Phi) is 2.71. The molecule has 1 aliphatic heterocycles. The molecule has 5 heteroatoms. The fourth-order valence-corrected chi connectivity index (χ4v) is 3.58. The van der Waals surface area contributed by atoms with Gasteiger partial charge in [-0.1, -0.05) is 18.0 Å². The predicted octanol–water partition coefficient (Wildman–Crippen LogP) is 1.73. The van der Waals surface area contributed by atoms with Crippen LogP contribution < -0.4 is 4.90 Å². The lowest BCUT2D eigenvalue weighted by molar-refractivity contribution is 0.121. The summed E-state index contributed by atoms with van der Waals surface area (Å²) in [4.78, 5) is 10.5. The molecular formula is C12H16ClN3O. The highest BCUT2D eigenvalue weighted by atomic mass is 35.5. The van der Waals surface area contributed by atoms with Crippen LogP contribution in [0.5, 0.6) is 0 Å². The minimum absolute atomic E-state index is 0.0703. The Hall–Kier alpha value is -0.870. The van der Waals surface area contributed by atoms with Crippen molar-refractivity contribution >= 4 is 17.4 Å². The maximum atomic E-state index is 9.67. The van der Waals surface area contributed by atoms with Crippen LogP contribution in [0.2, 0.25) is 5.15 Å². The summed E-state index contributed by atoms with van der Waals surface area (Å²) in [6.45, 7) is 2.07. The van der Waals surface area contributed by atoms with Crippen LogP contribution >= 0.6 is 11.6 Å². The first-order valence-electron chi connectivity index (χ1n) is 6.07. The fourth-order valence-electron chi connectivity index (χ4n) is 3.36. The molecule has 0 aromatic carbocycles. The monoisotopic (exact) mass is 253 g/mol. The maximum Gasteiger partial charge on any atom is 0.171 e. The molecule has 1 aromatic heterocycles. The molecule has 0 spiro atoms. The number of hydrogen-bond donors (Lipinski definition) is 1. The van der Waals surface area contributed by atoms with Gasteiger partial charge in [-0.2, -0.15) is 0 Å². The second kappa shape index (κ2) is 4.10. The van der Waals surface area contributed by atoms with E-state index in [1.54, 1.807) is 12.4 Å². The molecule has 1 N–H and O–H groups in total. The van der Waals surface area contributed by atoms with Crippen LogP contribution in [0.4, 0.5) is 5.82 Å². The van der Waals surface area contributed by atoms with Crippen LogP contribution in [0, 0.1) is 11.3 Å². The van der Waals surface area contributed by atoms with E-state index in [9.17, 15) is 5.11 Å². The van der Waals surface area contributed by atoms with E-state index in [1.165, 1.54) is 12.8 Å². The van der Waals surface area contributed by atoms with Gasteiger partial charge < -0.3 is 10.0 Å². The van der Waals surface area contributed by atoms with Crippen molar-refractivity contribution in [3.63, 3.8) is 0 Å². The first kappa shape index (κ1) is 11.2. The van der Waals surface area contributed by atoms with Crippen LogP contribution in [-0.2, 0) is 0 Å². The third-order valence-electron chi connectivity index (χ3n) is 4.29. The molecule has 0 unspecified atom stereocenters. The van der Waals surface area contributed by atoms with Gasteiger partial charge in [0.15, 0.2) is 11.0 Å². The average molecular weight is 254 g/mol. The van der Waals surface area contributed by atoms with Crippen molar-refractivity contribution in [2.45, 2.75) is 19.3 Å². The minimum atomic E-state index is 0.0703. The van der Waals surface area contributed by atoms with Crippen LogP contribution in [0.15, 0.2) is 12.4 Å². The lowest BCUT2D eigenvalue weighted by Gasteiger charge is -2.26. The fraction of sp³-hybridized carbons (Fsp3) is 0.667. The smallest absolute Gasteiger partial charge is 0.171 e. The van der Waals surface area contributed by atoms with Gasteiger partial charge in [-0.25, -0.2) is 9.97 Å². The number of hydrogen-bond acceptors (Lipinski definition) is 4. The molecule has 2 atom stereocenters. The van der Waals surface area contributed by atoms with Crippen molar-refractivity contribution in [2.75, 3.05) is 24.6 Å². The van der Waals surface area contributed by atoms with E-state index in [-0.39, 0.29) is 12.0 Å². The molecule has 3 rings (SSSR count). The van der Waals surface area contributed by atoms with Crippen LogP contribution in [0.25, 0.3) is 0 Å². The molecule has 4 nitrogen and oxygen atoms in total. The van der Waals surface area contributed by atoms with E-state index in [0.717, 1.165) is 25.3 Å². The van der Waals surface area contributed by atoms with Gasteiger partial charge in [0.2, 0.25) is 0 Å². The van der Waals surface area contributed by atoms with E-state index in [0.29, 0.717) is 11.1 Å². The number of anilines is 1. The molecule has 17 heavy (non-hydrogen) atoms. The zero-order valence-electron chi connectivity index (χ0n) is 9.64. The third kappa shape index (κ3) is 1.70. The molecular weight excluding hydrogens is 238 g/mol. The Morgan fingerprint density at radius 2 is 2.29 bits per heavy atom. The molecule has 1 saturated heterocycles. The number of fused-ring (bicyclic) bond motifs is 1. The van der Waals surface area contributed by atoms with Gasteiger partial charge in [0.05, 0.1) is 6.61 Å². The Bertz CT molecular complexity index is 428. The summed E-state index contributed by atoms with van der Waals surface area (Å²) in [6.07, 6.45) is 6.82. The number of nitrogens with zero attached hydrogens (tertiary/aromatic N) is 3. The summed E-state index contributed by atoms with van der Waals surface area (Å²) >= 11 is 6.07. The Morgan fingerprint density at radius 1 is 1.47 bits per heavy atom. The van der Waals surface area contributed by atoms with Gasteiger partial charge in [0, 0.05) is 30.9 Å². The quantitative estimate of drug-likeness (QED) is 0.872. The van der Waals surface area contributed by atoms with E-state index in [2.05, 4.69) is 14.9 Å².